The van der Waals surface area contributed by atoms with Crippen molar-refractivity contribution in [3.63, 3.8) is 0 Å². The van der Waals surface area contributed by atoms with Crippen LogP contribution in [0.1, 0.15) is 13.3 Å². The molecule has 2 rings (SSSR count). The molecule has 112 valence electrons. The Morgan fingerprint density at radius 2 is 2.10 bits per heavy atom. The van der Waals surface area contributed by atoms with E-state index in [2.05, 4.69) is 5.32 Å². The Morgan fingerprint density at radius 1 is 1.40 bits per heavy atom. The molecule has 0 aliphatic carbocycles. The second kappa shape index (κ2) is 5.51. The minimum Gasteiger partial charge on any atom is -0.480 e. The zero-order valence-electron chi connectivity index (χ0n) is 11.6. The summed E-state index contributed by atoms with van der Waals surface area (Å²) in [7, 11) is 1.58. The van der Waals surface area contributed by atoms with Crippen LogP contribution in [0.3, 0.4) is 0 Å². The van der Waals surface area contributed by atoms with Gasteiger partial charge in [0.1, 0.15) is 6.04 Å². The molecule has 2 atom stereocenters. The van der Waals surface area contributed by atoms with Crippen LogP contribution in [0.2, 0.25) is 0 Å². The van der Waals surface area contributed by atoms with E-state index >= 15 is 0 Å². The zero-order chi connectivity index (χ0) is 14.9. The maximum Gasteiger partial charge on any atom is 0.327 e. The van der Waals surface area contributed by atoms with Crippen molar-refractivity contribution >= 4 is 29.7 Å². The van der Waals surface area contributed by atoms with Gasteiger partial charge in [0.2, 0.25) is 5.91 Å². The van der Waals surface area contributed by atoms with Gasteiger partial charge in [0.25, 0.3) is 0 Å². The van der Waals surface area contributed by atoms with Crippen molar-refractivity contribution in [3.05, 3.63) is 0 Å². The molecule has 0 aromatic carbocycles. The molecule has 2 N–H and O–H groups in total. The smallest absolute Gasteiger partial charge is 0.327 e. The molecule has 2 aliphatic heterocycles. The summed E-state index contributed by atoms with van der Waals surface area (Å²) >= 11 is 1.43. The van der Waals surface area contributed by atoms with Crippen molar-refractivity contribution in [1.82, 2.24) is 15.1 Å². The number of nitrogens with one attached hydrogen (secondary N) is 1. The SMILES string of the molecule is CNC(=O)C1(C)CCN(C(=O)N2CSC[C@H]2C(=O)O)C1. The molecular formula is C12H19N3O4S. The lowest BCUT2D eigenvalue weighted by Crippen LogP contribution is -2.49. The largest absolute Gasteiger partial charge is 0.480 e. The van der Waals surface area contributed by atoms with Gasteiger partial charge in [0, 0.05) is 25.9 Å². The number of hydrogen-bond donors (Lipinski definition) is 2. The highest BCUT2D eigenvalue weighted by Crippen LogP contribution is 2.32. The Morgan fingerprint density at radius 3 is 2.70 bits per heavy atom. The molecule has 2 heterocycles. The van der Waals surface area contributed by atoms with Gasteiger partial charge in [-0.3, -0.25) is 4.79 Å². The summed E-state index contributed by atoms with van der Waals surface area (Å²) in [6, 6.07) is -1.05. The van der Waals surface area contributed by atoms with Gasteiger partial charge in [-0.15, -0.1) is 11.8 Å². The first-order valence-corrected chi connectivity index (χ1v) is 7.63. The van der Waals surface area contributed by atoms with Crippen molar-refractivity contribution in [3.8, 4) is 0 Å². The van der Waals surface area contributed by atoms with E-state index in [9.17, 15) is 14.4 Å². The minimum atomic E-state index is -0.975. The lowest BCUT2D eigenvalue weighted by atomic mass is 9.89. The highest BCUT2D eigenvalue weighted by Gasteiger charge is 2.45. The van der Waals surface area contributed by atoms with E-state index in [0.29, 0.717) is 31.1 Å². The van der Waals surface area contributed by atoms with Gasteiger partial charge < -0.3 is 20.2 Å². The molecule has 2 aliphatic rings. The van der Waals surface area contributed by atoms with E-state index in [0.717, 1.165) is 0 Å². The Balaban J connectivity index is 2.05. The molecular weight excluding hydrogens is 282 g/mol. The number of aliphatic carboxylic acids is 1. The van der Waals surface area contributed by atoms with Gasteiger partial charge >= 0.3 is 12.0 Å². The van der Waals surface area contributed by atoms with Crippen molar-refractivity contribution in [2.45, 2.75) is 19.4 Å². The second-order valence-corrected chi connectivity index (χ2v) is 6.42. The van der Waals surface area contributed by atoms with Gasteiger partial charge in [-0.25, -0.2) is 9.59 Å². The average molecular weight is 301 g/mol. The van der Waals surface area contributed by atoms with Crippen LogP contribution in [0.15, 0.2) is 0 Å². The number of thioether (sulfide) groups is 1. The normalized spacial score (nSPS) is 29.6. The maximum atomic E-state index is 12.4. The molecule has 1 unspecified atom stereocenters. The molecule has 20 heavy (non-hydrogen) atoms. The first kappa shape index (κ1) is 15.0. The molecule has 0 spiro atoms. The first-order chi connectivity index (χ1) is 9.39. The number of carbonyl (C=O) groups excluding carboxylic acids is 2. The van der Waals surface area contributed by atoms with Crippen LogP contribution in [-0.4, -0.2) is 70.6 Å². The predicted molar refractivity (Wildman–Crippen MR) is 74.3 cm³/mol. The van der Waals surface area contributed by atoms with Gasteiger partial charge in [0.15, 0.2) is 0 Å². The zero-order valence-corrected chi connectivity index (χ0v) is 12.4. The summed E-state index contributed by atoms with van der Waals surface area (Å²) in [5, 5.41) is 11.7. The number of hydrogen-bond acceptors (Lipinski definition) is 4. The lowest BCUT2D eigenvalue weighted by molar-refractivity contribution is -0.141. The molecule has 2 saturated heterocycles. The van der Waals surface area contributed by atoms with Crippen molar-refractivity contribution < 1.29 is 19.5 Å². The maximum absolute atomic E-state index is 12.4. The molecule has 0 aromatic heterocycles. The molecule has 0 radical (unpaired) electrons. The number of nitrogens with zero attached hydrogens (tertiary/aromatic N) is 2. The van der Waals surface area contributed by atoms with Crippen LogP contribution in [0.4, 0.5) is 4.79 Å². The molecule has 2 fully saturated rings. The third-order valence-corrected chi connectivity index (χ3v) is 4.94. The van der Waals surface area contributed by atoms with Gasteiger partial charge in [-0.05, 0) is 13.3 Å². The van der Waals surface area contributed by atoms with Crippen LogP contribution in [0.25, 0.3) is 0 Å². The molecule has 3 amide bonds. The molecule has 0 bridgehead atoms. The monoisotopic (exact) mass is 301 g/mol. The third kappa shape index (κ3) is 2.56. The predicted octanol–water partition coefficient (Wildman–Crippen LogP) is 0.0239. The highest BCUT2D eigenvalue weighted by atomic mass is 32.2. The number of urea groups is 1. The number of rotatable bonds is 2. The summed E-state index contributed by atoms with van der Waals surface area (Å²) in [4.78, 5) is 38.3. The number of likely N-dealkylation sites (tertiary alicyclic amines) is 1. The minimum absolute atomic E-state index is 0.0848. The van der Waals surface area contributed by atoms with E-state index in [-0.39, 0.29) is 11.9 Å². The molecule has 0 aromatic rings. The lowest BCUT2D eigenvalue weighted by Gasteiger charge is -2.28. The Labute approximate surface area is 121 Å². The number of amides is 3. The van der Waals surface area contributed by atoms with Crippen LogP contribution >= 0.6 is 11.8 Å². The fraction of sp³-hybridized carbons (Fsp3) is 0.750. The van der Waals surface area contributed by atoms with Gasteiger partial charge in [0.05, 0.1) is 11.3 Å². The van der Waals surface area contributed by atoms with Crippen LogP contribution in [-0.2, 0) is 9.59 Å². The van der Waals surface area contributed by atoms with E-state index in [1.165, 1.54) is 16.7 Å². The van der Waals surface area contributed by atoms with Crippen LogP contribution in [0, 0.1) is 5.41 Å². The number of carboxylic acid groups (broad SMARTS) is 1. The molecule has 8 heteroatoms. The van der Waals surface area contributed by atoms with Crippen molar-refractivity contribution in [1.29, 1.82) is 0 Å². The summed E-state index contributed by atoms with van der Waals surface area (Å²) < 4.78 is 0. The van der Waals surface area contributed by atoms with Crippen molar-refractivity contribution in [2.24, 2.45) is 5.41 Å². The first-order valence-electron chi connectivity index (χ1n) is 6.47. The van der Waals surface area contributed by atoms with Gasteiger partial charge in [-0.2, -0.15) is 0 Å². The van der Waals surface area contributed by atoms with Crippen molar-refractivity contribution in [2.75, 3.05) is 31.8 Å². The standard InChI is InChI=1S/C12H19N3O4S/c1-12(10(18)13-2)3-4-14(6-12)11(19)15-7-20-5-8(15)9(16)17/h8H,3-7H2,1-2H3,(H,13,18)(H,16,17)/t8-,12?/m0/s1. The van der Waals surface area contributed by atoms with E-state index in [1.54, 1.807) is 11.9 Å². The number of carbonyl (C=O) groups is 3. The summed E-state index contributed by atoms with van der Waals surface area (Å²) in [5.41, 5.74) is -0.587. The quantitative estimate of drug-likeness (QED) is 0.751. The fourth-order valence-electron chi connectivity index (χ4n) is 2.63. The molecule has 0 saturated carbocycles. The Kier molecular flexibility index (Phi) is 4.12. The molecule has 7 nitrogen and oxygen atoms in total. The fourth-order valence-corrected chi connectivity index (χ4v) is 3.77. The summed E-state index contributed by atoms with van der Waals surface area (Å²) in [6.07, 6.45) is 0.594. The van der Waals surface area contributed by atoms with E-state index < -0.39 is 17.4 Å². The highest BCUT2D eigenvalue weighted by molar-refractivity contribution is 7.99. The van der Waals surface area contributed by atoms with E-state index in [4.69, 9.17) is 5.11 Å². The van der Waals surface area contributed by atoms with Crippen LogP contribution in [0.5, 0.6) is 0 Å². The Hall–Kier alpha value is -1.44. The topological polar surface area (TPSA) is 90.0 Å². The average Bonchev–Trinajstić information content (AvgIpc) is 3.04. The van der Waals surface area contributed by atoms with E-state index in [1.807, 2.05) is 6.92 Å². The van der Waals surface area contributed by atoms with Crippen LogP contribution < -0.4 is 5.32 Å². The third-order valence-electron chi connectivity index (χ3n) is 3.93. The van der Waals surface area contributed by atoms with Gasteiger partial charge in [-0.1, -0.05) is 0 Å². The Bertz CT molecular complexity index is 444. The summed E-state index contributed by atoms with van der Waals surface area (Å²) in [6.45, 7) is 2.64. The summed E-state index contributed by atoms with van der Waals surface area (Å²) in [5.74, 6) is -0.250. The number of carboxylic acids is 1. The second-order valence-electron chi connectivity index (χ2n) is 5.42.